The molecule has 0 saturated heterocycles. The minimum Gasteiger partial charge on any atom is -0.369 e. The number of carbonyl (C=O) groups excluding carboxylic acids is 1. The summed E-state index contributed by atoms with van der Waals surface area (Å²) < 4.78 is 5.20. The summed E-state index contributed by atoms with van der Waals surface area (Å²) in [5.74, 6) is 0.412. The molecule has 0 aromatic heterocycles. The maximum Gasteiger partial charge on any atom is 0.246 e. The van der Waals surface area contributed by atoms with E-state index >= 15 is 0 Å². The highest BCUT2D eigenvalue weighted by molar-refractivity contribution is 6.17. The Morgan fingerprint density at radius 3 is 2.41 bits per heavy atom. The number of alkyl halides is 1. The van der Waals surface area contributed by atoms with Gasteiger partial charge in [0.05, 0.1) is 6.10 Å². The van der Waals surface area contributed by atoms with Crippen LogP contribution in [0.4, 0.5) is 0 Å². The molecule has 17 heavy (non-hydrogen) atoms. The van der Waals surface area contributed by atoms with Crippen LogP contribution in [0.2, 0.25) is 0 Å². The van der Waals surface area contributed by atoms with Crippen molar-refractivity contribution in [3.63, 3.8) is 0 Å². The monoisotopic (exact) mass is 255 g/mol. The predicted molar refractivity (Wildman–Crippen MR) is 68.9 cm³/mol. The summed E-state index contributed by atoms with van der Waals surface area (Å²) in [4.78, 5) is 11.4. The molecule has 1 N–H and O–H groups in total. The maximum absolute atomic E-state index is 11.4. The molecule has 0 aliphatic heterocycles. The van der Waals surface area contributed by atoms with Crippen LogP contribution in [0, 0.1) is 0 Å². The lowest BCUT2D eigenvalue weighted by Gasteiger charge is -2.08. The van der Waals surface area contributed by atoms with E-state index in [1.807, 2.05) is 38.1 Å². The van der Waals surface area contributed by atoms with Crippen molar-refractivity contribution in [2.45, 2.75) is 32.4 Å². The molecule has 0 spiro atoms. The van der Waals surface area contributed by atoms with E-state index in [1.165, 1.54) is 0 Å². The Morgan fingerprint density at radius 1 is 1.29 bits per heavy atom. The molecule has 4 heteroatoms. The van der Waals surface area contributed by atoms with Crippen LogP contribution in [0.15, 0.2) is 24.3 Å². The largest absolute Gasteiger partial charge is 0.369 e. The van der Waals surface area contributed by atoms with Gasteiger partial charge in [0.25, 0.3) is 0 Å². The summed E-state index contributed by atoms with van der Waals surface area (Å²) >= 11 is 5.69. The van der Waals surface area contributed by atoms with Crippen LogP contribution in [-0.4, -0.2) is 18.6 Å². The highest BCUT2D eigenvalue weighted by Gasteiger charge is 2.03. The summed E-state index contributed by atoms with van der Waals surface area (Å²) in [5.41, 5.74) is 2.13. The lowest BCUT2D eigenvalue weighted by Crippen LogP contribution is -2.28. The number of hydrogen-bond donors (Lipinski definition) is 1. The van der Waals surface area contributed by atoms with Crippen molar-refractivity contribution in [2.24, 2.45) is 0 Å². The number of carbonyl (C=O) groups is 1. The summed E-state index contributed by atoms with van der Waals surface area (Å²) in [6.07, 6.45) is 0.0729. The zero-order chi connectivity index (χ0) is 12.7. The van der Waals surface area contributed by atoms with Gasteiger partial charge in [-0.3, -0.25) is 4.79 Å². The fourth-order valence-electron chi connectivity index (χ4n) is 1.24. The average molecular weight is 256 g/mol. The molecule has 0 heterocycles. The van der Waals surface area contributed by atoms with Gasteiger partial charge in [0, 0.05) is 12.4 Å². The minimum atomic E-state index is -0.0971. The molecule has 0 fully saturated rings. The van der Waals surface area contributed by atoms with E-state index < -0.39 is 0 Å². The normalized spacial score (nSPS) is 10.6. The highest BCUT2D eigenvalue weighted by atomic mass is 35.5. The van der Waals surface area contributed by atoms with Crippen molar-refractivity contribution in [2.75, 3.05) is 6.61 Å². The number of benzene rings is 1. The zero-order valence-corrected chi connectivity index (χ0v) is 11.0. The summed E-state index contributed by atoms with van der Waals surface area (Å²) in [7, 11) is 0. The second kappa shape index (κ2) is 7.30. The number of hydrogen-bond acceptors (Lipinski definition) is 2. The second-order valence-corrected chi connectivity index (χ2v) is 4.35. The molecule has 1 rings (SSSR count). The van der Waals surface area contributed by atoms with Gasteiger partial charge in [-0.05, 0) is 25.0 Å². The van der Waals surface area contributed by atoms with E-state index in [0.29, 0.717) is 12.4 Å². The molecule has 0 saturated carbocycles. The van der Waals surface area contributed by atoms with Gasteiger partial charge in [-0.15, -0.1) is 11.6 Å². The fourth-order valence-corrected chi connectivity index (χ4v) is 1.42. The third-order valence-electron chi connectivity index (χ3n) is 2.21. The molecule has 0 aliphatic carbocycles. The molecule has 0 aliphatic rings. The van der Waals surface area contributed by atoms with Crippen LogP contribution in [-0.2, 0) is 22.0 Å². The van der Waals surface area contributed by atoms with E-state index in [-0.39, 0.29) is 18.6 Å². The van der Waals surface area contributed by atoms with E-state index in [2.05, 4.69) is 5.32 Å². The van der Waals surface area contributed by atoms with Gasteiger partial charge in [-0.1, -0.05) is 24.3 Å². The third kappa shape index (κ3) is 5.71. The standard InChI is InChI=1S/C13H18ClNO2/c1-10(2)17-9-13(16)15-8-12-5-3-11(7-14)4-6-12/h3-6,10H,7-9H2,1-2H3,(H,15,16). The lowest BCUT2D eigenvalue weighted by atomic mass is 10.1. The third-order valence-corrected chi connectivity index (χ3v) is 2.52. The second-order valence-electron chi connectivity index (χ2n) is 4.09. The Hall–Kier alpha value is -1.06. The summed E-state index contributed by atoms with van der Waals surface area (Å²) in [6.45, 7) is 4.43. The van der Waals surface area contributed by atoms with Gasteiger partial charge in [0.2, 0.25) is 5.91 Å². The zero-order valence-electron chi connectivity index (χ0n) is 10.2. The fraction of sp³-hybridized carbons (Fsp3) is 0.462. The number of halogens is 1. The maximum atomic E-state index is 11.4. The van der Waals surface area contributed by atoms with Crippen molar-refractivity contribution in [1.29, 1.82) is 0 Å². The van der Waals surface area contributed by atoms with Crippen molar-refractivity contribution in [3.8, 4) is 0 Å². The van der Waals surface area contributed by atoms with E-state index in [1.54, 1.807) is 0 Å². The number of nitrogens with one attached hydrogen (secondary N) is 1. The Balaban J connectivity index is 2.31. The first-order valence-corrected chi connectivity index (χ1v) is 6.17. The van der Waals surface area contributed by atoms with Crippen LogP contribution >= 0.6 is 11.6 Å². The van der Waals surface area contributed by atoms with Gasteiger partial charge in [0.1, 0.15) is 6.61 Å². The molecule has 1 amide bonds. The van der Waals surface area contributed by atoms with Gasteiger partial charge >= 0.3 is 0 Å². The van der Waals surface area contributed by atoms with Crippen molar-refractivity contribution < 1.29 is 9.53 Å². The first-order valence-electron chi connectivity index (χ1n) is 5.64. The van der Waals surface area contributed by atoms with Gasteiger partial charge in [-0.25, -0.2) is 0 Å². The smallest absolute Gasteiger partial charge is 0.246 e. The Morgan fingerprint density at radius 2 is 1.88 bits per heavy atom. The SMILES string of the molecule is CC(C)OCC(=O)NCc1ccc(CCl)cc1. The predicted octanol–water partition coefficient (Wildman–Crippen LogP) is 2.47. The van der Waals surface area contributed by atoms with E-state index in [0.717, 1.165) is 11.1 Å². The summed E-state index contributed by atoms with van der Waals surface area (Å²) in [6, 6.07) is 7.83. The molecule has 0 radical (unpaired) electrons. The van der Waals surface area contributed by atoms with Crippen molar-refractivity contribution in [3.05, 3.63) is 35.4 Å². The van der Waals surface area contributed by atoms with Crippen LogP contribution in [0.1, 0.15) is 25.0 Å². The molecule has 0 unspecified atom stereocenters. The van der Waals surface area contributed by atoms with Crippen LogP contribution in [0.25, 0.3) is 0 Å². The number of amides is 1. The van der Waals surface area contributed by atoms with E-state index in [4.69, 9.17) is 16.3 Å². The molecule has 0 bridgehead atoms. The van der Waals surface area contributed by atoms with Crippen molar-refractivity contribution >= 4 is 17.5 Å². The number of ether oxygens (including phenoxy) is 1. The first kappa shape index (κ1) is 14.0. The quantitative estimate of drug-likeness (QED) is 0.793. The Labute approximate surface area is 107 Å². The van der Waals surface area contributed by atoms with Gasteiger partial charge < -0.3 is 10.1 Å². The van der Waals surface area contributed by atoms with Gasteiger partial charge in [0.15, 0.2) is 0 Å². The topological polar surface area (TPSA) is 38.3 Å². The Kier molecular flexibility index (Phi) is 6.01. The van der Waals surface area contributed by atoms with Crippen LogP contribution in [0.3, 0.4) is 0 Å². The van der Waals surface area contributed by atoms with Gasteiger partial charge in [-0.2, -0.15) is 0 Å². The molecule has 0 atom stereocenters. The molecule has 1 aromatic carbocycles. The summed E-state index contributed by atoms with van der Waals surface area (Å²) in [5, 5.41) is 2.79. The highest BCUT2D eigenvalue weighted by Crippen LogP contribution is 2.06. The number of rotatable bonds is 6. The minimum absolute atomic E-state index is 0.0729. The molecule has 3 nitrogen and oxygen atoms in total. The first-order chi connectivity index (χ1) is 8.11. The molecular weight excluding hydrogens is 238 g/mol. The van der Waals surface area contributed by atoms with Crippen LogP contribution in [0.5, 0.6) is 0 Å². The lowest BCUT2D eigenvalue weighted by molar-refractivity contribution is -0.127. The average Bonchev–Trinajstić information content (AvgIpc) is 2.34. The molecule has 1 aromatic rings. The van der Waals surface area contributed by atoms with Crippen molar-refractivity contribution in [1.82, 2.24) is 5.32 Å². The molecular formula is C13H18ClNO2. The van der Waals surface area contributed by atoms with E-state index in [9.17, 15) is 4.79 Å². The Bertz CT molecular complexity index is 349. The molecule has 94 valence electrons. The van der Waals surface area contributed by atoms with Crippen LogP contribution < -0.4 is 5.32 Å².